The lowest BCUT2D eigenvalue weighted by molar-refractivity contribution is 0.102. The van der Waals surface area contributed by atoms with Crippen LogP contribution in [0.25, 0.3) is 10.8 Å². The second-order valence-electron chi connectivity index (χ2n) is 4.42. The third-order valence-corrected chi connectivity index (χ3v) is 3.32. The molecule has 0 radical (unpaired) electrons. The molecule has 0 bridgehead atoms. The first-order valence-corrected chi connectivity index (χ1v) is 6.59. The summed E-state index contributed by atoms with van der Waals surface area (Å²) in [6.45, 7) is 0. The zero-order valence-corrected chi connectivity index (χ0v) is 11.6. The number of hydrogen-bond acceptors (Lipinski definition) is 4. The molecule has 0 aliphatic carbocycles. The number of nitrogens with two attached hydrogens (primary N) is 1. The molecule has 0 saturated heterocycles. The van der Waals surface area contributed by atoms with Gasteiger partial charge < -0.3 is 11.1 Å². The maximum atomic E-state index is 12.3. The SMILES string of the molecule is Nc1ccc(Cl)c(C(=O)Nc2cccc3cnccc23)n1. The van der Waals surface area contributed by atoms with Gasteiger partial charge in [-0.3, -0.25) is 9.78 Å². The van der Waals surface area contributed by atoms with E-state index in [2.05, 4.69) is 15.3 Å². The number of carbonyl (C=O) groups excluding carboxylic acids is 1. The van der Waals surface area contributed by atoms with Crippen molar-refractivity contribution in [3.05, 3.63) is 59.5 Å². The summed E-state index contributed by atoms with van der Waals surface area (Å²) in [5, 5.41) is 4.88. The number of nitrogens with zero attached hydrogens (tertiary/aromatic N) is 2. The summed E-state index contributed by atoms with van der Waals surface area (Å²) in [4.78, 5) is 20.3. The molecule has 3 N–H and O–H groups in total. The number of anilines is 2. The minimum absolute atomic E-state index is 0.0997. The van der Waals surface area contributed by atoms with Crippen LogP contribution in [0.2, 0.25) is 5.02 Å². The number of aromatic nitrogens is 2. The van der Waals surface area contributed by atoms with Crippen molar-refractivity contribution in [2.75, 3.05) is 11.1 Å². The number of carbonyl (C=O) groups is 1. The highest BCUT2D eigenvalue weighted by Crippen LogP contribution is 2.23. The maximum absolute atomic E-state index is 12.3. The van der Waals surface area contributed by atoms with Gasteiger partial charge in [0.25, 0.3) is 5.91 Å². The number of pyridine rings is 2. The van der Waals surface area contributed by atoms with Crippen molar-refractivity contribution in [3.63, 3.8) is 0 Å². The highest BCUT2D eigenvalue weighted by Gasteiger charge is 2.14. The van der Waals surface area contributed by atoms with Crippen LogP contribution in [0, 0.1) is 0 Å². The van der Waals surface area contributed by atoms with Gasteiger partial charge in [-0.25, -0.2) is 4.98 Å². The molecule has 1 amide bonds. The molecule has 2 heterocycles. The van der Waals surface area contributed by atoms with Crippen molar-refractivity contribution in [1.29, 1.82) is 0 Å². The summed E-state index contributed by atoms with van der Waals surface area (Å²) in [6, 6.07) is 10.5. The van der Waals surface area contributed by atoms with E-state index >= 15 is 0 Å². The molecule has 0 fully saturated rings. The number of fused-ring (bicyclic) bond motifs is 1. The van der Waals surface area contributed by atoms with Crippen LogP contribution in [0.1, 0.15) is 10.5 Å². The van der Waals surface area contributed by atoms with Gasteiger partial charge in [0.2, 0.25) is 0 Å². The van der Waals surface area contributed by atoms with Crippen LogP contribution in [0.4, 0.5) is 11.5 Å². The van der Waals surface area contributed by atoms with Crippen LogP contribution in [0.3, 0.4) is 0 Å². The quantitative estimate of drug-likeness (QED) is 0.761. The van der Waals surface area contributed by atoms with Crippen LogP contribution in [-0.2, 0) is 0 Å². The van der Waals surface area contributed by atoms with Crippen LogP contribution in [0.15, 0.2) is 48.8 Å². The fraction of sp³-hybridized carbons (Fsp3) is 0. The van der Waals surface area contributed by atoms with E-state index in [1.807, 2.05) is 18.2 Å². The second kappa shape index (κ2) is 5.38. The van der Waals surface area contributed by atoms with Gasteiger partial charge in [0.05, 0.1) is 5.02 Å². The Morgan fingerprint density at radius 1 is 1.19 bits per heavy atom. The monoisotopic (exact) mass is 298 g/mol. The lowest BCUT2D eigenvalue weighted by Crippen LogP contribution is -2.15. The number of hydrogen-bond donors (Lipinski definition) is 2. The van der Waals surface area contributed by atoms with Crippen molar-refractivity contribution in [2.24, 2.45) is 0 Å². The molecular formula is C15H11ClN4O. The van der Waals surface area contributed by atoms with Gasteiger partial charge in [-0.05, 0) is 24.3 Å². The standard InChI is InChI=1S/C15H11ClN4O/c16-11-4-5-13(17)20-14(11)15(21)19-12-3-1-2-9-8-18-7-6-10(9)12/h1-8H,(H2,17,20)(H,19,21). The molecule has 2 aromatic heterocycles. The molecule has 21 heavy (non-hydrogen) atoms. The average molecular weight is 299 g/mol. The summed E-state index contributed by atoms with van der Waals surface area (Å²) in [5.74, 6) is -0.164. The van der Waals surface area contributed by atoms with Crippen molar-refractivity contribution >= 4 is 39.8 Å². The molecule has 104 valence electrons. The van der Waals surface area contributed by atoms with Crippen molar-refractivity contribution < 1.29 is 4.79 Å². The van der Waals surface area contributed by atoms with Crippen LogP contribution >= 0.6 is 11.6 Å². The minimum Gasteiger partial charge on any atom is -0.384 e. The van der Waals surface area contributed by atoms with E-state index < -0.39 is 5.91 Å². The minimum atomic E-state index is -0.406. The number of nitrogens with one attached hydrogen (secondary N) is 1. The fourth-order valence-electron chi connectivity index (χ4n) is 2.03. The Labute approximate surface area is 125 Å². The van der Waals surface area contributed by atoms with E-state index in [1.54, 1.807) is 30.6 Å². The summed E-state index contributed by atoms with van der Waals surface area (Å²) in [7, 11) is 0. The third-order valence-electron chi connectivity index (χ3n) is 3.01. The largest absolute Gasteiger partial charge is 0.384 e. The first-order chi connectivity index (χ1) is 10.1. The number of rotatable bonds is 2. The number of benzene rings is 1. The number of amides is 1. The van der Waals surface area contributed by atoms with Crippen LogP contribution in [-0.4, -0.2) is 15.9 Å². The maximum Gasteiger partial charge on any atom is 0.275 e. The number of nitrogen functional groups attached to an aromatic ring is 1. The Bertz CT molecular complexity index is 830. The summed E-state index contributed by atoms with van der Waals surface area (Å²) < 4.78 is 0. The molecule has 3 rings (SSSR count). The van der Waals surface area contributed by atoms with Crippen molar-refractivity contribution in [1.82, 2.24) is 9.97 Å². The molecule has 0 unspecified atom stereocenters. The smallest absolute Gasteiger partial charge is 0.275 e. The predicted molar refractivity (Wildman–Crippen MR) is 83.4 cm³/mol. The normalized spacial score (nSPS) is 10.5. The lowest BCUT2D eigenvalue weighted by Gasteiger charge is -2.09. The molecule has 0 aliphatic rings. The van der Waals surface area contributed by atoms with Crippen LogP contribution in [0.5, 0.6) is 0 Å². The molecule has 0 saturated carbocycles. The van der Waals surface area contributed by atoms with Gasteiger partial charge in [-0.1, -0.05) is 23.7 Å². The first kappa shape index (κ1) is 13.3. The van der Waals surface area contributed by atoms with Gasteiger partial charge in [-0.2, -0.15) is 0 Å². The summed E-state index contributed by atoms with van der Waals surface area (Å²) in [6.07, 6.45) is 3.40. The van der Waals surface area contributed by atoms with Gasteiger partial charge >= 0.3 is 0 Å². The van der Waals surface area contributed by atoms with Crippen LogP contribution < -0.4 is 11.1 Å². The zero-order chi connectivity index (χ0) is 14.8. The van der Waals surface area contributed by atoms with Gasteiger partial charge in [0.15, 0.2) is 0 Å². The van der Waals surface area contributed by atoms with Crippen molar-refractivity contribution in [2.45, 2.75) is 0 Å². The van der Waals surface area contributed by atoms with E-state index in [0.717, 1.165) is 10.8 Å². The Balaban J connectivity index is 1.99. The molecule has 6 heteroatoms. The molecule has 0 spiro atoms. The Kier molecular flexibility index (Phi) is 3.41. The average Bonchev–Trinajstić information content (AvgIpc) is 2.50. The molecular weight excluding hydrogens is 288 g/mol. The number of halogens is 1. The Morgan fingerprint density at radius 2 is 2.05 bits per heavy atom. The zero-order valence-electron chi connectivity index (χ0n) is 10.9. The van der Waals surface area contributed by atoms with Gasteiger partial charge in [0, 0.05) is 28.9 Å². The highest BCUT2D eigenvalue weighted by atomic mass is 35.5. The van der Waals surface area contributed by atoms with Gasteiger partial charge in [0.1, 0.15) is 11.5 Å². The first-order valence-electron chi connectivity index (χ1n) is 6.21. The fourth-order valence-corrected chi connectivity index (χ4v) is 2.22. The predicted octanol–water partition coefficient (Wildman–Crippen LogP) is 3.12. The third kappa shape index (κ3) is 2.64. The van der Waals surface area contributed by atoms with Crippen molar-refractivity contribution in [3.8, 4) is 0 Å². The highest BCUT2D eigenvalue weighted by molar-refractivity contribution is 6.34. The van der Waals surface area contributed by atoms with E-state index in [-0.39, 0.29) is 16.5 Å². The Morgan fingerprint density at radius 3 is 2.90 bits per heavy atom. The van der Waals surface area contributed by atoms with E-state index in [0.29, 0.717) is 5.69 Å². The van der Waals surface area contributed by atoms with E-state index in [1.165, 1.54) is 0 Å². The van der Waals surface area contributed by atoms with E-state index in [4.69, 9.17) is 17.3 Å². The molecule has 1 aromatic carbocycles. The molecule has 3 aromatic rings. The molecule has 5 nitrogen and oxygen atoms in total. The summed E-state index contributed by atoms with van der Waals surface area (Å²) in [5.41, 5.74) is 6.36. The van der Waals surface area contributed by atoms with E-state index in [9.17, 15) is 4.79 Å². The molecule has 0 atom stereocenters. The lowest BCUT2D eigenvalue weighted by atomic mass is 10.1. The van der Waals surface area contributed by atoms with Gasteiger partial charge in [-0.15, -0.1) is 0 Å². The Hall–Kier alpha value is -2.66. The topological polar surface area (TPSA) is 80.9 Å². The molecule has 0 aliphatic heterocycles. The second-order valence-corrected chi connectivity index (χ2v) is 4.83. The summed E-state index contributed by atoms with van der Waals surface area (Å²) >= 11 is 5.99.